The van der Waals surface area contributed by atoms with Gasteiger partial charge in [-0.2, -0.15) is 0 Å². The first-order valence-electron chi connectivity index (χ1n) is 5.68. The number of nitrogens with one attached hydrogen (secondary N) is 1. The molecule has 2 aromatic rings. The third kappa shape index (κ3) is 3.96. The van der Waals surface area contributed by atoms with Crippen LogP contribution in [0, 0.1) is 5.82 Å². The van der Waals surface area contributed by atoms with E-state index in [1.807, 2.05) is 18.2 Å². The van der Waals surface area contributed by atoms with Crippen LogP contribution >= 0.6 is 0 Å². The SMILES string of the molecule is Fc1cncc(CNCCc2ccccc2)c1. The van der Waals surface area contributed by atoms with Crippen molar-refractivity contribution in [2.45, 2.75) is 13.0 Å². The summed E-state index contributed by atoms with van der Waals surface area (Å²) in [6.45, 7) is 1.53. The van der Waals surface area contributed by atoms with Gasteiger partial charge in [0.05, 0.1) is 6.20 Å². The van der Waals surface area contributed by atoms with Gasteiger partial charge in [-0.05, 0) is 30.2 Å². The van der Waals surface area contributed by atoms with Gasteiger partial charge in [-0.25, -0.2) is 4.39 Å². The molecule has 0 amide bonds. The van der Waals surface area contributed by atoms with Crippen molar-refractivity contribution >= 4 is 0 Å². The maximum Gasteiger partial charge on any atom is 0.141 e. The van der Waals surface area contributed by atoms with Gasteiger partial charge in [0, 0.05) is 12.7 Å². The lowest BCUT2D eigenvalue weighted by Gasteiger charge is -2.04. The number of nitrogens with zero attached hydrogens (tertiary/aromatic N) is 1. The Morgan fingerprint density at radius 2 is 1.88 bits per heavy atom. The van der Waals surface area contributed by atoms with Crippen molar-refractivity contribution in [1.82, 2.24) is 10.3 Å². The third-order valence-corrected chi connectivity index (χ3v) is 2.52. The number of hydrogen-bond donors (Lipinski definition) is 1. The second kappa shape index (κ2) is 6.11. The number of rotatable bonds is 5. The zero-order chi connectivity index (χ0) is 11.9. The minimum atomic E-state index is -0.285. The average molecular weight is 230 g/mol. The first kappa shape index (κ1) is 11.7. The molecule has 88 valence electrons. The molecule has 2 rings (SSSR count). The maximum atomic E-state index is 12.9. The molecule has 2 nitrogen and oxygen atoms in total. The van der Waals surface area contributed by atoms with Crippen molar-refractivity contribution in [2.24, 2.45) is 0 Å². The average Bonchev–Trinajstić information content (AvgIpc) is 2.36. The minimum absolute atomic E-state index is 0.285. The van der Waals surface area contributed by atoms with Crippen molar-refractivity contribution in [2.75, 3.05) is 6.54 Å². The van der Waals surface area contributed by atoms with E-state index in [4.69, 9.17) is 0 Å². The molecule has 0 aliphatic heterocycles. The Kier molecular flexibility index (Phi) is 4.22. The molecule has 0 spiro atoms. The number of pyridine rings is 1. The van der Waals surface area contributed by atoms with Gasteiger partial charge in [-0.3, -0.25) is 4.98 Å². The molecule has 0 atom stereocenters. The lowest BCUT2D eigenvalue weighted by molar-refractivity contribution is 0.612. The van der Waals surface area contributed by atoms with E-state index in [0.29, 0.717) is 6.54 Å². The Morgan fingerprint density at radius 3 is 2.65 bits per heavy atom. The summed E-state index contributed by atoms with van der Waals surface area (Å²) in [5.41, 5.74) is 2.18. The molecule has 17 heavy (non-hydrogen) atoms. The molecule has 1 aromatic carbocycles. The summed E-state index contributed by atoms with van der Waals surface area (Å²) >= 11 is 0. The first-order chi connectivity index (χ1) is 8.34. The predicted molar refractivity (Wildman–Crippen MR) is 66.0 cm³/mol. The summed E-state index contributed by atoms with van der Waals surface area (Å²) in [7, 11) is 0. The van der Waals surface area contributed by atoms with Crippen LogP contribution in [-0.2, 0) is 13.0 Å². The van der Waals surface area contributed by atoms with E-state index in [1.165, 1.54) is 17.8 Å². The second-order valence-corrected chi connectivity index (χ2v) is 3.92. The molecule has 0 unspecified atom stereocenters. The van der Waals surface area contributed by atoms with Gasteiger partial charge >= 0.3 is 0 Å². The van der Waals surface area contributed by atoms with Gasteiger partial charge in [0.1, 0.15) is 5.82 Å². The molecule has 0 aliphatic rings. The molecular formula is C14H15FN2. The molecule has 1 N–H and O–H groups in total. The van der Waals surface area contributed by atoms with Gasteiger partial charge in [-0.15, -0.1) is 0 Å². The number of aromatic nitrogens is 1. The second-order valence-electron chi connectivity index (χ2n) is 3.92. The van der Waals surface area contributed by atoms with Crippen LogP contribution in [0.5, 0.6) is 0 Å². The van der Waals surface area contributed by atoms with Crippen molar-refractivity contribution in [1.29, 1.82) is 0 Å². The van der Waals surface area contributed by atoms with Crippen LogP contribution in [0.3, 0.4) is 0 Å². The van der Waals surface area contributed by atoms with Crippen LogP contribution in [0.15, 0.2) is 48.8 Å². The quantitative estimate of drug-likeness (QED) is 0.798. The van der Waals surface area contributed by atoms with Gasteiger partial charge in [0.15, 0.2) is 0 Å². The Bertz CT molecular complexity index is 457. The Morgan fingerprint density at radius 1 is 1.06 bits per heavy atom. The fourth-order valence-electron chi connectivity index (χ4n) is 1.66. The lowest BCUT2D eigenvalue weighted by Crippen LogP contribution is -2.16. The number of halogens is 1. The molecule has 3 heteroatoms. The Labute approximate surface area is 101 Å². The highest BCUT2D eigenvalue weighted by atomic mass is 19.1. The van der Waals surface area contributed by atoms with E-state index < -0.39 is 0 Å². The first-order valence-corrected chi connectivity index (χ1v) is 5.68. The normalized spacial score (nSPS) is 10.4. The highest BCUT2D eigenvalue weighted by molar-refractivity contribution is 5.15. The standard InChI is InChI=1S/C14H15FN2/c15-14-8-13(10-17-11-14)9-16-7-6-12-4-2-1-3-5-12/h1-5,8,10-11,16H,6-7,9H2. The van der Waals surface area contributed by atoms with Crippen molar-refractivity contribution in [3.8, 4) is 0 Å². The van der Waals surface area contributed by atoms with Crippen LogP contribution in [0.2, 0.25) is 0 Å². The van der Waals surface area contributed by atoms with Gasteiger partial charge in [0.2, 0.25) is 0 Å². The number of benzene rings is 1. The van der Waals surface area contributed by atoms with Crippen LogP contribution < -0.4 is 5.32 Å². The molecule has 0 saturated carbocycles. The zero-order valence-corrected chi connectivity index (χ0v) is 9.57. The van der Waals surface area contributed by atoms with E-state index in [0.717, 1.165) is 18.5 Å². The summed E-state index contributed by atoms with van der Waals surface area (Å²) in [6, 6.07) is 11.8. The predicted octanol–water partition coefficient (Wildman–Crippen LogP) is 2.55. The van der Waals surface area contributed by atoms with Crippen LogP contribution in [-0.4, -0.2) is 11.5 Å². The smallest absolute Gasteiger partial charge is 0.141 e. The van der Waals surface area contributed by atoms with Gasteiger partial charge < -0.3 is 5.32 Å². The van der Waals surface area contributed by atoms with Crippen LogP contribution in [0.1, 0.15) is 11.1 Å². The van der Waals surface area contributed by atoms with E-state index >= 15 is 0 Å². The van der Waals surface area contributed by atoms with E-state index in [-0.39, 0.29) is 5.82 Å². The highest BCUT2D eigenvalue weighted by Gasteiger charge is 1.96. The highest BCUT2D eigenvalue weighted by Crippen LogP contribution is 2.01. The van der Waals surface area contributed by atoms with Crippen LogP contribution in [0.25, 0.3) is 0 Å². The summed E-state index contributed by atoms with van der Waals surface area (Å²) < 4.78 is 12.9. The zero-order valence-electron chi connectivity index (χ0n) is 9.57. The van der Waals surface area contributed by atoms with E-state index in [9.17, 15) is 4.39 Å². The fourth-order valence-corrected chi connectivity index (χ4v) is 1.66. The maximum absolute atomic E-state index is 12.9. The summed E-state index contributed by atoms with van der Waals surface area (Å²) in [4.78, 5) is 3.81. The molecular weight excluding hydrogens is 215 g/mol. The summed E-state index contributed by atoms with van der Waals surface area (Å²) in [6.07, 6.45) is 3.87. The summed E-state index contributed by atoms with van der Waals surface area (Å²) in [5, 5.41) is 3.27. The summed E-state index contributed by atoms with van der Waals surface area (Å²) in [5.74, 6) is -0.285. The van der Waals surface area contributed by atoms with Crippen molar-refractivity contribution < 1.29 is 4.39 Å². The van der Waals surface area contributed by atoms with E-state index in [2.05, 4.69) is 22.4 Å². The van der Waals surface area contributed by atoms with Gasteiger partial charge in [0.25, 0.3) is 0 Å². The topological polar surface area (TPSA) is 24.9 Å². The van der Waals surface area contributed by atoms with Crippen LogP contribution in [0.4, 0.5) is 4.39 Å². The lowest BCUT2D eigenvalue weighted by atomic mass is 10.1. The molecule has 1 aromatic heterocycles. The van der Waals surface area contributed by atoms with Crippen molar-refractivity contribution in [3.63, 3.8) is 0 Å². The molecule has 0 aliphatic carbocycles. The third-order valence-electron chi connectivity index (χ3n) is 2.52. The minimum Gasteiger partial charge on any atom is -0.312 e. The van der Waals surface area contributed by atoms with Gasteiger partial charge in [-0.1, -0.05) is 30.3 Å². The molecule has 0 saturated heterocycles. The monoisotopic (exact) mass is 230 g/mol. The van der Waals surface area contributed by atoms with Crippen molar-refractivity contribution in [3.05, 3.63) is 65.7 Å². The fraction of sp³-hybridized carbons (Fsp3) is 0.214. The largest absolute Gasteiger partial charge is 0.312 e. The number of hydrogen-bond acceptors (Lipinski definition) is 2. The molecule has 0 radical (unpaired) electrons. The molecule has 0 bridgehead atoms. The Hall–Kier alpha value is -1.74. The van der Waals surface area contributed by atoms with E-state index in [1.54, 1.807) is 6.20 Å². The Balaban J connectivity index is 1.73. The molecule has 0 fully saturated rings. The molecule has 1 heterocycles.